The third-order valence-electron chi connectivity index (χ3n) is 2.00. The van der Waals surface area contributed by atoms with Gasteiger partial charge in [0.25, 0.3) is 0 Å². The second-order valence-electron chi connectivity index (χ2n) is 3.36. The lowest BCUT2D eigenvalue weighted by atomic mass is 9.95. The number of aryl methyl sites for hydroxylation is 1. The molecule has 1 heterocycles. The topological polar surface area (TPSA) is 38.9 Å². The Labute approximate surface area is 113 Å². The zero-order valence-corrected chi connectivity index (χ0v) is 11.0. The van der Waals surface area contributed by atoms with Crippen LogP contribution in [-0.2, 0) is 0 Å². The zero-order chi connectivity index (χ0) is 12.8. The lowest BCUT2D eigenvalue weighted by Gasteiger charge is -1.97. The molecule has 2 rings (SSSR count). The molecule has 5 heteroatoms. The van der Waals surface area contributed by atoms with Crippen LogP contribution in [0.15, 0.2) is 41.3 Å². The summed E-state index contributed by atoms with van der Waals surface area (Å²) in [5.74, 6) is 0.515. The first kappa shape index (κ1) is 13.9. The molecule has 0 amide bonds. The van der Waals surface area contributed by atoms with Gasteiger partial charge in [0.2, 0.25) is 0 Å². The molecule has 2 radical (unpaired) electrons. The molecule has 2 aromatic rings. The van der Waals surface area contributed by atoms with Crippen molar-refractivity contribution >= 4 is 43.4 Å². The Bertz CT molecular complexity index is 485. The minimum Gasteiger partial charge on any atom is -0.384 e. The fourth-order valence-electron chi connectivity index (χ4n) is 1.04. The minimum atomic E-state index is 0.515. The van der Waals surface area contributed by atoms with Crippen LogP contribution < -0.4 is 11.2 Å². The Morgan fingerprint density at radius 2 is 1.88 bits per heavy atom. The lowest BCUT2D eigenvalue weighted by molar-refractivity contribution is 1.23. The van der Waals surface area contributed by atoms with E-state index >= 15 is 0 Å². The van der Waals surface area contributed by atoms with Crippen molar-refractivity contribution in [2.75, 3.05) is 5.73 Å². The number of hydrogen-bond acceptors (Lipinski definition) is 3. The molecule has 2 N–H and O–H groups in total. The number of nitrogens with two attached hydrogens (primary N) is 1. The van der Waals surface area contributed by atoms with Crippen molar-refractivity contribution in [2.24, 2.45) is 0 Å². The van der Waals surface area contributed by atoms with Crippen LogP contribution in [0.25, 0.3) is 0 Å². The van der Waals surface area contributed by atoms with Gasteiger partial charge in [-0.15, -0.1) is 12.6 Å². The molecular weight excluding hydrogens is 250 g/mol. The summed E-state index contributed by atoms with van der Waals surface area (Å²) in [6.45, 7) is 1.83. The highest BCUT2D eigenvalue weighted by Crippen LogP contribution is 2.17. The molecule has 0 atom stereocenters. The fraction of sp³-hybridized carbons (Fsp3) is 0.0833. The summed E-state index contributed by atoms with van der Waals surface area (Å²) in [4.78, 5) is 4.75. The summed E-state index contributed by atoms with van der Waals surface area (Å²) >= 11 is 9.70. The van der Waals surface area contributed by atoms with Gasteiger partial charge in [-0.05, 0) is 25.1 Å². The van der Waals surface area contributed by atoms with Crippen LogP contribution in [-0.4, -0.2) is 12.8 Å². The minimum absolute atomic E-state index is 0.515. The van der Waals surface area contributed by atoms with Gasteiger partial charge in [0.1, 0.15) is 13.7 Å². The second kappa shape index (κ2) is 6.57. The van der Waals surface area contributed by atoms with E-state index in [4.69, 9.17) is 25.2 Å². The van der Waals surface area contributed by atoms with Crippen LogP contribution in [0.2, 0.25) is 5.02 Å². The van der Waals surface area contributed by atoms with Gasteiger partial charge in [0.15, 0.2) is 0 Å². The molecule has 0 saturated heterocycles. The Hall–Kier alpha value is -1.13. The average molecular weight is 263 g/mol. The third kappa shape index (κ3) is 4.71. The second-order valence-corrected chi connectivity index (χ2v) is 4.25. The molecule has 2 nitrogen and oxygen atoms in total. The van der Waals surface area contributed by atoms with Crippen molar-refractivity contribution in [2.45, 2.75) is 11.8 Å². The number of nitrogens with zero attached hydrogens (tertiary/aromatic N) is 1. The molecule has 1 aromatic carbocycles. The molecule has 0 bridgehead atoms. The average Bonchev–Trinajstić information content (AvgIpc) is 2.29. The predicted octanol–water partition coefficient (Wildman–Crippen LogP) is 2.39. The Morgan fingerprint density at radius 1 is 1.24 bits per heavy atom. The van der Waals surface area contributed by atoms with Gasteiger partial charge in [-0.1, -0.05) is 35.3 Å². The molecule has 0 aliphatic carbocycles. The molecule has 1 aromatic heterocycles. The standard InChI is InChI=1S/C6H7BN2.C6H5ClS/c1-4-5(7)2-3-6(8)9-4;7-5-3-1-2-4-6(5)8/h2-3H,1H3,(H2,8,9);1-4,8H. The third-order valence-corrected chi connectivity index (χ3v) is 2.85. The largest absolute Gasteiger partial charge is 0.384 e. The highest BCUT2D eigenvalue weighted by Gasteiger charge is 1.90. The highest BCUT2D eigenvalue weighted by molar-refractivity contribution is 7.80. The summed E-state index contributed by atoms with van der Waals surface area (Å²) < 4.78 is 0. The van der Waals surface area contributed by atoms with Crippen molar-refractivity contribution in [3.05, 3.63) is 47.1 Å². The van der Waals surface area contributed by atoms with Gasteiger partial charge < -0.3 is 5.73 Å². The van der Waals surface area contributed by atoms with Gasteiger partial charge in [-0.2, -0.15) is 0 Å². The first-order chi connectivity index (χ1) is 8.00. The van der Waals surface area contributed by atoms with Crippen molar-refractivity contribution in [1.29, 1.82) is 0 Å². The van der Waals surface area contributed by atoms with Crippen LogP contribution in [0.5, 0.6) is 0 Å². The molecule has 0 aliphatic rings. The van der Waals surface area contributed by atoms with Gasteiger partial charge in [0.05, 0.1) is 5.02 Å². The van der Waals surface area contributed by atoms with E-state index in [-0.39, 0.29) is 0 Å². The van der Waals surface area contributed by atoms with Crippen LogP contribution in [0.1, 0.15) is 5.69 Å². The van der Waals surface area contributed by atoms with Gasteiger partial charge in [-0.25, -0.2) is 4.98 Å². The van der Waals surface area contributed by atoms with E-state index in [0.717, 1.165) is 10.6 Å². The van der Waals surface area contributed by atoms with E-state index in [0.29, 0.717) is 16.3 Å². The van der Waals surface area contributed by atoms with Crippen LogP contribution >= 0.6 is 24.2 Å². The Balaban J connectivity index is 0.000000171. The normalized spacial score (nSPS) is 9.35. The molecule has 0 saturated carbocycles. The summed E-state index contributed by atoms with van der Waals surface area (Å²) in [7, 11) is 5.47. The number of halogens is 1. The fourth-order valence-corrected chi connectivity index (χ4v) is 1.34. The summed E-state index contributed by atoms with van der Waals surface area (Å²) in [6.07, 6.45) is 0. The zero-order valence-electron chi connectivity index (χ0n) is 9.39. The maximum Gasteiger partial charge on any atom is 0.123 e. The van der Waals surface area contributed by atoms with E-state index in [1.165, 1.54) is 0 Å². The number of hydrogen-bond donors (Lipinski definition) is 2. The summed E-state index contributed by atoms with van der Waals surface area (Å²) in [5.41, 5.74) is 6.83. The van der Waals surface area contributed by atoms with E-state index in [9.17, 15) is 0 Å². The van der Waals surface area contributed by atoms with Crippen molar-refractivity contribution in [3.63, 3.8) is 0 Å². The smallest absolute Gasteiger partial charge is 0.123 e. The van der Waals surface area contributed by atoms with Crippen LogP contribution in [0.3, 0.4) is 0 Å². The van der Waals surface area contributed by atoms with Crippen molar-refractivity contribution in [1.82, 2.24) is 4.98 Å². The molecule has 0 unspecified atom stereocenters. The molecule has 17 heavy (non-hydrogen) atoms. The van der Waals surface area contributed by atoms with Gasteiger partial charge in [-0.3, -0.25) is 0 Å². The summed E-state index contributed by atoms with van der Waals surface area (Å²) in [5, 5.41) is 0.704. The molecule has 0 fully saturated rings. The van der Waals surface area contributed by atoms with E-state index < -0.39 is 0 Å². The first-order valence-electron chi connectivity index (χ1n) is 4.93. The van der Waals surface area contributed by atoms with E-state index in [1.807, 2.05) is 31.2 Å². The van der Waals surface area contributed by atoms with Crippen LogP contribution in [0.4, 0.5) is 5.82 Å². The summed E-state index contributed by atoms with van der Waals surface area (Å²) in [6, 6.07) is 10.9. The number of nitrogen functional groups attached to an aromatic ring is 1. The Morgan fingerprint density at radius 3 is 2.29 bits per heavy atom. The highest BCUT2D eigenvalue weighted by atomic mass is 35.5. The molecule has 0 spiro atoms. The van der Waals surface area contributed by atoms with Gasteiger partial charge >= 0.3 is 0 Å². The maximum atomic E-state index is 5.63. The maximum absolute atomic E-state index is 5.63. The number of anilines is 1. The quantitative estimate of drug-likeness (QED) is 0.565. The first-order valence-corrected chi connectivity index (χ1v) is 5.75. The molecular formula is C12H12BClN2S. The molecule has 0 aliphatic heterocycles. The predicted molar refractivity (Wildman–Crippen MR) is 77.5 cm³/mol. The van der Waals surface area contributed by atoms with E-state index in [2.05, 4.69) is 17.6 Å². The van der Waals surface area contributed by atoms with E-state index in [1.54, 1.807) is 12.1 Å². The number of thiol groups is 1. The van der Waals surface area contributed by atoms with Crippen molar-refractivity contribution < 1.29 is 0 Å². The number of rotatable bonds is 0. The Kier molecular flexibility index (Phi) is 5.39. The number of aromatic nitrogens is 1. The van der Waals surface area contributed by atoms with Crippen molar-refractivity contribution in [3.8, 4) is 0 Å². The monoisotopic (exact) mass is 262 g/mol. The van der Waals surface area contributed by atoms with Crippen LogP contribution in [0, 0.1) is 6.92 Å². The number of pyridine rings is 1. The lowest BCUT2D eigenvalue weighted by Crippen LogP contribution is -2.09. The molecule has 86 valence electrons. The SMILES string of the molecule is Sc1ccccc1Cl.[B]c1ccc(N)nc1C. The van der Waals surface area contributed by atoms with Gasteiger partial charge in [0, 0.05) is 10.6 Å². The number of benzene rings is 1.